The summed E-state index contributed by atoms with van der Waals surface area (Å²) < 4.78 is 0. The van der Waals surface area contributed by atoms with Gasteiger partial charge in [-0.15, -0.1) is 0 Å². The summed E-state index contributed by atoms with van der Waals surface area (Å²) in [5.41, 5.74) is 6.58. The highest BCUT2D eigenvalue weighted by Gasteiger charge is 2.44. The van der Waals surface area contributed by atoms with E-state index in [-0.39, 0.29) is 0 Å². The van der Waals surface area contributed by atoms with Crippen LogP contribution < -0.4 is 10.6 Å². The number of rotatable bonds is 3. The number of fused-ring (bicyclic) bond motifs is 1. The first-order valence-electron chi connectivity index (χ1n) is 7.34. The minimum atomic E-state index is 0.492. The standard InChI is InChI=1S/C14H21N5/c15-5-12-3-4-16-14(17-12)19-8-10-6-18(13-1-2-13)7-11(10)9-19/h3-4,10-11,13H,1-2,5-9,15H2. The fourth-order valence-electron chi connectivity index (χ4n) is 3.58. The zero-order valence-corrected chi connectivity index (χ0v) is 11.2. The van der Waals surface area contributed by atoms with Crippen molar-refractivity contribution in [2.75, 3.05) is 31.1 Å². The first kappa shape index (κ1) is 11.6. The number of likely N-dealkylation sites (tertiary alicyclic amines) is 1. The lowest BCUT2D eigenvalue weighted by atomic mass is 10.0. The topological polar surface area (TPSA) is 58.3 Å². The maximum atomic E-state index is 5.65. The summed E-state index contributed by atoms with van der Waals surface area (Å²) in [6, 6.07) is 2.81. The van der Waals surface area contributed by atoms with E-state index in [1.165, 1.54) is 25.9 Å². The Labute approximate surface area is 113 Å². The van der Waals surface area contributed by atoms with E-state index in [0.29, 0.717) is 6.54 Å². The molecule has 1 aliphatic carbocycles. The third-order valence-corrected chi connectivity index (χ3v) is 4.77. The molecule has 0 spiro atoms. The third kappa shape index (κ3) is 2.11. The van der Waals surface area contributed by atoms with E-state index in [9.17, 15) is 0 Å². The molecule has 0 bridgehead atoms. The van der Waals surface area contributed by atoms with E-state index in [1.54, 1.807) is 0 Å². The monoisotopic (exact) mass is 259 g/mol. The second-order valence-electron chi connectivity index (χ2n) is 6.16. The highest BCUT2D eigenvalue weighted by atomic mass is 15.3. The number of hydrogen-bond acceptors (Lipinski definition) is 5. The van der Waals surface area contributed by atoms with Gasteiger partial charge in [-0.1, -0.05) is 0 Å². The van der Waals surface area contributed by atoms with Crippen molar-refractivity contribution in [2.24, 2.45) is 17.6 Å². The van der Waals surface area contributed by atoms with Crippen LogP contribution in [0.2, 0.25) is 0 Å². The Morgan fingerprint density at radius 1 is 1.16 bits per heavy atom. The first-order valence-corrected chi connectivity index (χ1v) is 7.34. The Morgan fingerprint density at radius 2 is 1.89 bits per heavy atom. The molecule has 2 unspecified atom stereocenters. The van der Waals surface area contributed by atoms with Crippen molar-refractivity contribution in [3.63, 3.8) is 0 Å². The summed E-state index contributed by atoms with van der Waals surface area (Å²) >= 11 is 0. The number of nitrogens with two attached hydrogens (primary N) is 1. The van der Waals surface area contributed by atoms with Gasteiger partial charge in [0.15, 0.2) is 0 Å². The minimum Gasteiger partial charge on any atom is -0.340 e. The second-order valence-corrected chi connectivity index (χ2v) is 6.16. The molecular weight excluding hydrogens is 238 g/mol. The SMILES string of the molecule is NCc1ccnc(N2CC3CN(C4CC4)CC3C2)n1. The molecule has 19 heavy (non-hydrogen) atoms. The largest absolute Gasteiger partial charge is 0.340 e. The zero-order chi connectivity index (χ0) is 12.8. The van der Waals surface area contributed by atoms with E-state index in [1.807, 2.05) is 12.3 Å². The van der Waals surface area contributed by atoms with Gasteiger partial charge in [-0.25, -0.2) is 9.97 Å². The van der Waals surface area contributed by atoms with Crippen molar-refractivity contribution in [3.05, 3.63) is 18.0 Å². The molecule has 3 heterocycles. The average Bonchev–Trinajstić information content (AvgIpc) is 3.09. The van der Waals surface area contributed by atoms with Gasteiger partial charge in [0.1, 0.15) is 0 Å². The molecular formula is C14H21N5. The molecule has 102 valence electrons. The lowest BCUT2D eigenvalue weighted by Gasteiger charge is -2.21. The normalized spacial score (nSPS) is 30.9. The number of hydrogen-bond donors (Lipinski definition) is 1. The highest BCUT2D eigenvalue weighted by molar-refractivity contribution is 5.33. The summed E-state index contributed by atoms with van der Waals surface area (Å²) in [5.74, 6) is 2.49. The molecule has 0 amide bonds. The lowest BCUT2D eigenvalue weighted by Crippen LogP contribution is -2.31. The zero-order valence-electron chi connectivity index (χ0n) is 11.2. The molecule has 1 aromatic heterocycles. The van der Waals surface area contributed by atoms with Gasteiger partial charge in [-0.05, 0) is 30.7 Å². The predicted molar refractivity (Wildman–Crippen MR) is 73.7 cm³/mol. The fourth-order valence-corrected chi connectivity index (χ4v) is 3.58. The molecule has 2 aliphatic heterocycles. The van der Waals surface area contributed by atoms with Gasteiger partial charge in [0.05, 0.1) is 5.69 Å². The van der Waals surface area contributed by atoms with Crippen LogP contribution in [0.4, 0.5) is 5.95 Å². The van der Waals surface area contributed by atoms with Crippen LogP contribution in [-0.2, 0) is 6.54 Å². The van der Waals surface area contributed by atoms with Gasteiger partial charge in [-0.3, -0.25) is 4.90 Å². The predicted octanol–water partition coefficient (Wildman–Crippen LogP) is 0.466. The summed E-state index contributed by atoms with van der Waals surface area (Å²) in [6.07, 6.45) is 4.67. The van der Waals surface area contributed by atoms with Crippen LogP contribution in [0.25, 0.3) is 0 Å². The van der Waals surface area contributed by atoms with Crippen molar-refractivity contribution in [1.29, 1.82) is 0 Å². The van der Waals surface area contributed by atoms with Crippen LogP contribution >= 0.6 is 0 Å². The lowest BCUT2D eigenvalue weighted by molar-refractivity contribution is 0.306. The maximum Gasteiger partial charge on any atom is 0.225 e. The van der Waals surface area contributed by atoms with Crippen molar-refractivity contribution in [3.8, 4) is 0 Å². The fraction of sp³-hybridized carbons (Fsp3) is 0.714. The van der Waals surface area contributed by atoms with Gasteiger partial charge >= 0.3 is 0 Å². The Balaban J connectivity index is 1.45. The van der Waals surface area contributed by atoms with E-state index >= 15 is 0 Å². The average molecular weight is 259 g/mol. The third-order valence-electron chi connectivity index (χ3n) is 4.77. The first-order chi connectivity index (χ1) is 9.33. The van der Waals surface area contributed by atoms with Gasteiger partial charge in [0.2, 0.25) is 5.95 Å². The maximum absolute atomic E-state index is 5.65. The molecule has 2 N–H and O–H groups in total. The second kappa shape index (κ2) is 4.42. The van der Waals surface area contributed by atoms with E-state index in [2.05, 4.69) is 19.8 Å². The summed E-state index contributed by atoms with van der Waals surface area (Å²) in [7, 11) is 0. The van der Waals surface area contributed by atoms with Crippen molar-refractivity contribution in [1.82, 2.24) is 14.9 Å². The van der Waals surface area contributed by atoms with Gasteiger partial charge in [0.25, 0.3) is 0 Å². The van der Waals surface area contributed by atoms with Crippen LogP contribution in [0.1, 0.15) is 18.5 Å². The van der Waals surface area contributed by atoms with Gasteiger partial charge in [-0.2, -0.15) is 0 Å². The highest BCUT2D eigenvalue weighted by Crippen LogP contribution is 2.38. The van der Waals surface area contributed by atoms with E-state index in [0.717, 1.165) is 42.6 Å². The summed E-state index contributed by atoms with van der Waals surface area (Å²) in [5, 5.41) is 0. The Kier molecular flexibility index (Phi) is 2.70. The molecule has 5 heteroatoms. The van der Waals surface area contributed by atoms with Gasteiger partial charge in [0, 0.05) is 45.0 Å². The van der Waals surface area contributed by atoms with Crippen LogP contribution in [0.5, 0.6) is 0 Å². The minimum absolute atomic E-state index is 0.492. The smallest absolute Gasteiger partial charge is 0.225 e. The van der Waals surface area contributed by atoms with Crippen molar-refractivity contribution in [2.45, 2.75) is 25.4 Å². The number of nitrogens with zero attached hydrogens (tertiary/aromatic N) is 4. The summed E-state index contributed by atoms with van der Waals surface area (Å²) in [6.45, 7) is 5.28. The number of aromatic nitrogens is 2. The van der Waals surface area contributed by atoms with Crippen molar-refractivity contribution >= 4 is 5.95 Å². The molecule has 0 radical (unpaired) electrons. The van der Waals surface area contributed by atoms with Gasteiger partial charge < -0.3 is 10.6 Å². The van der Waals surface area contributed by atoms with Crippen LogP contribution in [0.15, 0.2) is 12.3 Å². The Bertz CT molecular complexity index is 459. The molecule has 1 aromatic rings. The molecule has 4 rings (SSSR count). The van der Waals surface area contributed by atoms with E-state index in [4.69, 9.17) is 5.73 Å². The molecule has 0 aromatic carbocycles. The molecule has 3 fully saturated rings. The molecule has 1 saturated carbocycles. The molecule has 2 atom stereocenters. The van der Waals surface area contributed by atoms with E-state index < -0.39 is 0 Å². The molecule has 5 nitrogen and oxygen atoms in total. The summed E-state index contributed by atoms with van der Waals surface area (Å²) in [4.78, 5) is 14.0. The molecule has 3 aliphatic rings. The van der Waals surface area contributed by atoms with Crippen LogP contribution in [0.3, 0.4) is 0 Å². The quantitative estimate of drug-likeness (QED) is 0.855. The number of anilines is 1. The van der Waals surface area contributed by atoms with Crippen LogP contribution in [-0.4, -0.2) is 47.1 Å². The van der Waals surface area contributed by atoms with Crippen molar-refractivity contribution < 1.29 is 0 Å². The Morgan fingerprint density at radius 3 is 2.53 bits per heavy atom. The molecule has 2 saturated heterocycles. The Hall–Kier alpha value is -1.20. The van der Waals surface area contributed by atoms with Crippen LogP contribution in [0, 0.1) is 11.8 Å².